The van der Waals surface area contributed by atoms with Crippen LogP contribution in [0.1, 0.15) is 367 Å². The van der Waals surface area contributed by atoms with Gasteiger partial charge in [0.05, 0.1) is 32.0 Å². The van der Waals surface area contributed by atoms with Crippen LogP contribution in [-0.2, 0) is 23.7 Å². The molecule has 0 radical (unpaired) electrons. The highest BCUT2D eigenvalue weighted by molar-refractivity contribution is 5.76. The van der Waals surface area contributed by atoms with Crippen LogP contribution in [0, 0.1) is 0 Å². The molecule has 0 aromatic heterocycles. The van der Waals surface area contributed by atoms with Crippen molar-refractivity contribution >= 4 is 5.91 Å². The molecule has 12 atom stereocenters. The van der Waals surface area contributed by atoms with E-state index in [0.29, 0.717) is 12.8 Å². The standard InChI is InChI=1S/C75H145NO13/c1-3-5-7-9-11-13-15-17-19-21-23-25-27-28-29-30-31-32-33-34-35-37-38-40-42-44-46-48-50-52-54-56-58-64(79)63(62-86-74-72(85)70(83)73(66(61-78)88-74)89-75-71(84)69(82)68(81)65(60-77)87-75)76-67(80)59-57-55-53-51-49-47-45-43-41-39-36-26-24-22-20-18-16-14-12-10-8-6-4-2/h22,24,63-66,68-75,77-79,81-85H,3-21,23,25-62H2,1-2H3,(H,76,80)/b24-22-. The van der Waals surface area contributed by atoms with Gasteiger partial charge in [-0.15, -0.1) is 0 Å². The number of rotatable bonds is 65. The number of unbranched alkanes of at least 4 members (excludes halogenated alkanes) is 50. The number of ether oxygens (including phenoxy) is 4. The molecule has 1 amide bonds. The molecule has 89 heavy (non-hydrogen) atoms. The summed E-state index contributed by atoms with van der Waals surface area (Å²) < 4.78 is 23.0. The maximum absolute atomic E-state index is 13.4. The monoisotopic (exact) mass is 1270 g/mol. The van der Waals surface area contributed by atoms with Gasteiger partial charge < -0.3 is 65.1 Å². The molecule has 12 unspecified atom stereocenters. The third-order valence-corrected chi connectivity index (χ3v) is 19.2. The lowest BCUT2D eigenvalue weighted by molar-refractivity contribution is -0.359. The summed E-state index contributed by atoms with van der Waals surface area (Å²) in [6, 6.07) is -0.828. The molecule has 0 aromatic rings. The van der Waals surface area contributed by atoms with Crippen molar-refractivity contribution in [2.24, 2.45) is 0 Å². The Hall–Kier alpha value is -1.27. The van der Waals surface area contributed by atoms with E-state index in [4.69, 9.17) is 18.9 Å². The van der Waals surface area contributed by atoms with Gasteiger partial charge in [0.2, 0.25) is 5.91 Å². The highest BCUT2D eigenvalue weighted by Gasteiger charge is 2.51. The van der Waals surface area contributed by atoms with Gasteiger partial charge in [0, 0.05) is 6.42 Å². The number of carbonyl (C=O) groups is 1. The van der Waals surface area contributed by atoms with Crippen LogP contribution in [0.15, 0.2) is 12.2 Å². The van der Waals surface area contributed by atoms with Crippen molar-refractivity contribution in [3.63, 3.8) is 0 Å². The van der Waals surface area contributed by atoms with Crippen molar-refractivity contribution in [3.05, 3.63) is 12.2 Å². The molecule has 9 N–H and O–H groups in total. The Labute approximate surface area is 546 Å². The zero-order valence-electron chi connectivity index (χ0n) is 57.7. The second kappa shape index (κ2) is 60.4. The Morgan fingerprint density at radius 3 is 1.07 bits per heavy atom. The largest absolute Gasteiger partial charge is 0.394 e. The molecule has 2 rings (SSSR count). The first-order valence-electron chi connectivity index (χ1n) is 38.4. The fraction of sp³-hybridized carbons (Fsp3) is 0.960. The topological polar surface area (TPSA) is 228 Å². The van der Waals surface area contributed by atoms with Crippen molar-refractivity contribution in [2.75, 3.05) is 19.8 Å². The van der Waals surface area contributed by atoms with Crippen LogP contribution in [0.2, 0.25) is 0 Å². The molecule has 14 heteroatoms. The van der Waals surface area contributed by atoms with Gasteiger partial charge in [-0.25, -0.2) is 0 Å². The lowest BCUT2D eigenvalue weighted by Gasteiger charge is -2.46. The number of carbonyl (C=O) groups excluding carboxylic acids is 1. The van der Waals surface area contributed by atoms with Crippen molar-refractivity contribution in [1.29, 1.82) is 0 Å². The zero-order valence-corrected chi connectivity index (χ0v) is 57.7. The second-order valence-corrected chi connectivity index (χ2v) is 27.5. The first-order chi connectivity index (χ1) is 43.6. The van der Waals surface area contributed by atoms with Crippen molar-refractivity contribution in [2.45, 2.75) is 441 Å². The minimum Gasteiger partial charge on any atom is -0.394 e. The molecule has 2 heterocycles. The molecule has 2 aliphatic heterocycles. The molecular weight excluding hydrogens is 1120 g/mol. The molecule has 2 aliphatic rings. The molecule has 2 fully saturated rings. The van der Waals surface area contributed by atoms with Gasteiger partial charge in [-0.3, -0.25) is 4.79 Å². The van der Waals surface area contributed by atoms with Gasteiger partial charge in [0.25, 0.3) is 0 Å². The minimum absolute atomic E-state index is 0.200. The van der Waals surface area contributed by atoms with E-state index in [1.165, 1.54) is 289 Å². The van der Waals surface area contributed by atoms with Gasteiger partial charge in [-0.05, 0) is 38.5 Å². The summed E-state index contributed by atoms with van der Waals surface area (Å²) in [5, 5.41) is 87.8. The van der Waals surface area contributed by atoms with Crippen LogP contribution in [0.4, 0.5) is 0 Å². The summed E-state index contributed by atoms with van der Waals surface area (Å²) in [5.74, 6) is -0.200. The summed E-state index contributed by atoms with van der Waals surface area (Å²) in [7, 11) is 0. The highest BCUT2D eigenvalue weighted by atomic mass is 16.7. The van der Waals surface area contributed by atoms with Crippen LogP contribution in [0.5, 0.6) is 0 Å². The molecule has 2 saturated heterocycles. The number of allylic oxidation sites excluding steroid dienone is 2. The van der Waals surface area contributed by atoms with E-state index in [9.17, 15) is 45.6 Å². The predicted octanol–water partition coefficient (Wildman–Crippen LogP) is 16.5. The summed E-state index contributed by atoms with van der Waals surface area (Å²) in [4.78, 5) is 13.4. The van der Waals surface area contributed by atoms with E-state index in [1.54, 1.807) is 0 Å². The van der Waals surface area contributed by atoms with E-state index in [0.717, 1.165) is 51.4 Å². The van der Waals surface area contributed by atoms with Gasteiger partial charge in [-0.2, -0.15) is 0 Å². The number of hydrogen-bond donors (Lipinski definition) is 9. The average molecular weight is 1270 g/mol. The van der Waals surface area contributed by atoms with E-state index < -0.39 is 86.8 Å². The van der Waals surface area contributed by atoms with Gasteiger partial charge in [-0.1, -0.05) is 334 Å². The first kappa shape index (κ1) is 83.8. The number of hydrogen-bond acceptors (Lipinski definition) is 13. The quantitative estimate of drug-likeness (QED) is 0.0204. The Morgan fingerprint density at radius 2 is 0.708 bits per heavy atom. The zero-order chi connectivity index (χ0) is 64.5. The Bertz CT molecular complexity index is 1540. The molecule has 0 bridgehead atoms. The maximum Gasteiger partial charge on any atom is 0.220 e. The highest BCUT2D eigenvalue weighted by Crippen LogP contribution is 2.30. The molecule has 528 valence electrons. The molecular formula is C75H145NO13. The third-order valence-electron chi connectivity index (χ3n) is 19.2. The van der Waals surface area contributed by atoms with E-state index >= 15 is 0 Å². The van der Waals surface area contributed by atoms with Crippen molar-refractivity contribution < 1.29 is 64.6 Å². The van der Waals surface area contributed by atoms with Gasteiger partial charge >= 0.3 is 0 Å². The lowest BCUT2D eigenvalue weighted by atomic mass is 9.97. The summed E-state index contributed by atoms with van der Waals surface area (Å²) >= 11 is 0. The van der Waals surface area contributed by atoms with E-state index in [2.05, 4.69) is 31.3 Å². The average Bonchev–Trinajstić information content (AvgIpc) is 3.63. The van der Waals surface area contributed by atoms with Crippen LogP contribution >= 0.6 is 0 Å². The first-order valence-corrected chi connectivity index (χ1v) is 38.4. The van der Waals surface area contributed by atoms with E-state index in [-0.39, 0.29) is 12.5 Å². The molecule has 0 aliphatic carbocycles. The van der Waals surface area contributed by atoms with Crippen LogP contribution in [0.25, 0.3) is 0 Å². The Kier molecular flexibility index (Phi) is 56.9. The maximum atomic E-state index is 13.4. The SMILES string of the molecule is CCCCCCCCCC/C=C\CCCCCCCCCCCCCC(=O)NC(COC1OC(CO)C(OC2OC(CO)C(O)C(O)C2O)C(O)C1O)C(O)CCCCCCCCCCCCCCCCCCCCCCCCCCCCCCCCCC. The van der Waals surface area contributed by atoms with Crippen molar-refractivity contribution in [3.8, 4) is 0 Å². The van der Waals surface area contributed by atoms with Crippen LogP contribution in [0.3, 0.4) is 0 Å². The normalized spacial score (nSPS) is 23.0. The van der Waals surface area contributed by atoms with Crippen LogP contribution in [-0.4, -0.2) is 140 Å². The Morgan fingerprint density at radius 1 is 0.393 bits per heavy atom. The molecule has 14 nitrogen and oxygen atoms in total. The minimum atomic E-state index is -1.78. The second-order valence-electron chi connectivity index (χ2n) is 27.5. The summed E-state index contributed by atoms with van der Waals surface area (Å²) in [5.41, 5.74) is 0. The Balaban J connectivity index is 1.62. The fourth-order valence-corrected chi connectivity index (χ4v) is 13.1. The predicted molar refractivity (Wildman–Crippen MR) is 365 cm³/mol. The fourth-order valence-electron chi connectivity index (χ4n) is 13.1. The number of nitrogens with one attached hydrogen (secondary N) is 1. The summed E-state index contributed by atoms with van der Waals surface area (Å²) in [6.07, 6.45) is 58.2. The lowest BCUT2D eigenvalue weighted by Crippen LogP contribution is -2.65. The number of aliphatic hydroxyl groups excluding tert-OH is 8. The number of aliphatic hydroxyl groups is 8. The van der Waals surface area contributed by atoms with E-state index in [1.807, 2.05) is 0 Å². The summed E-state index contributed by atoms with van der Waals surface area (Å²) in [6.45, 7) is 2.93. The molecule has 0 saturated carbocycles. The van der Waals surface area contributed by atoms with Crippen LogP contribution < -0.4 is 5.32 Å². The number of amides is 1. The smallest absolute Gasteiger partial charge is 0.220 e. The third kappa shape index (κ3) is 44.2. The molecule has 0 spiro atoms. The van der Waals surface area contributed by atoms with Crippen molar-refractivity contribution in [1.82, 2.24) is 5.32 Å². The van der Waals surface area contributed by atoms with Gasteiger partial charge in [0.15, 0.2) is 12.6 Å². The molecule has 0 aromatic carbocycles. The van der Waals surface area contributed by atoms with Gasteiger partial charge in [0.1, 0.15) is 48.8 Å².